The van der Waals surface area contributed by atoms with E-state index in [1.807, 2.05) is 25.1 Å². The van der Waals surface area contributed by atoms with Crippen LogP contribution < -0.4 is 4.74 Å². The molecule has 5 heteroatoms. The Labute approximate surface area is 116 Å². The molecule has 1 heterocycles. The summed E-state index contributed by atoms with van der Waals surface area (Å²) in [5.41, 5.74) is 0.988. The Balaban J connectivity index is 1.98. The predicted octanol–water partition coefficient (Wildman–Crippen LogP) is 3.49. The normalized spacial score (nSPS) is 10.8. The third-order valence-corrected chi connectivity index (χ3v) is 3.82. The number of hydrogen-bond donors (Lipinski definition) is 1. The van der Waals surface area contributed by atoms with Crippen LogP contribution in [0.3, 0.4) is 0 Å². The quantitative estimate of drug-likeness (QED) is 0.788. The van der Waals surface area contributed by atoms with Gasteiger partial charge in [0.15, 0.2) is 0 Å². The fraction of sp³-hybridized carbons (Fsp3) is 0.429. The van der Waals surface area contributed by atoms with Gasteiger partial charge in [-0.3, -0.25) is 4.79 Å². The Morgan fingerprint density at radius 2 is 2.26 bits per heavy atom. The third-order valence-electron chi connectivity index (χ3n) is 2.75. The maximum Gasteiger partial charge on any atom is 0.303 e. The Bertz CT molecular complexity index is 565. The third kappa shape index (κ3) is 3.92. The number of hydrogen-bond acceptors (Lipinski definition) is 4. The van der Waals surface area contributed by atoms with E-state index >= 15 is 0 Å². The first-order chi connectivity index (χ1) is 9.19. The topological polar surface area (TPSA) is 59.4 Å². The number of ether oxygens (including phenoxy) is 1. The van der Waals surface area contributed by atoms with Crippen LogP contribution in [0.15, 0.2) is 18.2 Å². The highest BCUT2D eigenvalue weighted by molar-refractivity contribution is 7.18. The van der Waals surface area contributed by atoms with E-state index in [2.05, 4.69) is 4.98 Å². The molecule has 0 aliphatic carbocycles. The smallest absolute Gasteiger partial charge is 0.303 e. The van der Waals surface area contributed by atoms with Crippen molar-refractivity contribution in [1.29, 1.82) is 0 Å². The number of thiazole rings is 1. The predicted molar refractivity (Wildman–Crippen MR) is 76.0 cm³/mol. The van der Waals surface area contributed by atoms with Crippen molar-refractivity contribution in [2.45, 2.75) is 32.6 Å². The number of carboxylic acid groups (broad SMARTS) is 1. The molecule has 2 rings (SSSR count). The van der Waals surface area contributed by atoms with E-state index in [0.717, 1.165) is 33.8 Å². The second-order valence-electron chi connectivity index (χ2n) is 4.27. The average molecular weight is 279 g/mol. The molecule has 1 aromatic heterocycles. The molecule has 1 aromatic carbocycles. The lowest BCUT2D eigenvalue weighted by atomic mass is 10.2. The van der Waals surface area contributed by atoms with Crippen LogP contribution in [0, 0.1) is 0 Å². The summed E-state index contributed by atoms with van der Waals surface area (Å²) in [4.78, 5) is 15.0. The maximum absolute atomic E-state index is 10.4. The molecular weight excluding hydrogens is 262 g/mol. The molecule has 0 fully saturated rings. The highest BCUT2D eigenvalue weighted by Crippen LogP contribution is 2.27. The van der Waals surface area contributed by atoms with Gasteiger partial charge in [0, 0.05) is 6.42 Å². The summed E-state index contributed by atoms with van der Waals surface area (Å²) >= 11 is 1.66. The van der Waals surface area contributed by atoms with E-state index in [1.54, 1.807) is 11.3 Å². The molecule has 0 aliphatic heterocycles. The Morgan fingerprint density at radius 3 is 3.00 bits per heavy atom. The SMILES string of the molecule is CCOc1ccc2nc(CCCCC(=O)O)sc2c1. The first kappa shape index (κ1) is 13.8. The number of benzene rings is 1. The minimum absolute atomic E-state index is 0.235. The number of unbranched alkanes of at least 4 members (excludes halogenated alkanes) is 1. The van der Waals surface area contributed by atoms with Crippen molar-refractivity contribution >= 4 is 27.5 Å². The molecule has 102 valence electrons. The number of aromatic nitrogens is 1. The standard InChI is InChI=1S/C14H17NO3S/c1-2-18-10-7-8-11-12(9-10)19-13(15-11)5-3-4-6-14(16)17/h7-9H,2-6H2,1H3,(H,16,17). The van der Waals surface area contributed by atoms with Crippen molar-refractivity contribution in [2.75, 3.05) is 6.61 Å². The van der Waals surface area contributed by atoms with Gasteiger partial charge in [-0.25, -0.2) is 4.98 Å². The van der Waals surface area contributed by atoms with Crippen molar-refractivity contribution in [3.05, 3.63) is 23.2 Å². The van der Waals surface area contributed by atoms with E-state index in [9.17, 15) is 4.79 Å². The van der Waals surface area contributed by atoms with Gasteiger partial charge in [-0.05, 0) is 44.4 Å². The summed E-state index contributed by atoms with van der Waals surface area (Å²) in [6, 6.07) is 5.91. The van der Waals surface area contributed by atoms with Crippen LogP contribution >= 0.6 is 11.3 Å². The Kier molecular flexibility index (Phi) is 4.74. The van der Waals surface area contributed by atoms with Gasteiger partial charge < -0.3 is 9.84 Å². The molecule has 0 spiro atoms. The molecular formula is C14H17NO3S. The highest BCUT2D eigenvalue weighted by Gasteiger charge is 2.06. The van der Waals surface area contributed by atoms with Crippen LogP contribution in [-0.2, 0) is 11.2 Å². The first-order valence-corrected chi connectivity index (χ1v) is 7.24. The van der Waals surface area contributed by atoms with E-state index in [-0.39, 0.29) is 6.42 Å². The first-order valence-electron chi connectivity index (χ1n) is 6.43. The molecule has 0 saturated heterocycles. The zero-order valence-corrected chi connectivity index (χ0v) is 11.7. The average Bonchev–Trinajstić information content (AvgIpc) is 2.77. The van der Waals surface area contributed by atoms with E-state index in [1.165, 1.54) is 0 Å². The summed E-state index contributed by atoms with van der Waals surface area (Å²) in [5.74, 6) is 0.140. The fourth-order valence-corrected chi connectivity index (χ4v) is 2.91. The number of aliphatic carboxylic acids is 1. The lowest BCUT2D eigenvalue weighted by Crippen LogP contribution is -1.94. The summed E-state index contributed by atoms with van der Waals surface area (Å²) in [5, 5.41) is 9.64. The molecule has 0 amide bonds. The van der Waals surface area contributed by atoms with E-state index in [0.29, 0.717) is 13.0 Å². The van der Waals surface area contributed by atoms with Crippen molar-refractivity contribution in [1.82, 2.24) is 4.98 Å². The second kappa shape index (κ2) is 6.52. The van der Waals surface area contributed by atoms with Crippen molar-refractivity contribution in [3.8, 4) is 5.75 Å². The molecule has 19 heavy (non-hydrogen) atoms. The van der Waals surface area contributed by atoms with Crippen LogP contribution in [0.1, 0.15) is 31.2 Å². The lowest BCUT2D eigenvalue weighted by molar-refractivity contribution is -0.137. The maximum atomic E-state index is 10.4. The molecule has 1 N–H and O–H groups in total. The Morgan fingerprint density at radius 1 is 1.42 bits per heavy atom. The lowest BCUT2D eigenvalue weighted by Gasteiger charge is -2.00. The molecule has 0 aliphatic rings. The molecule has 0 unspecified atom stereocenters. The summed E-state index contributed by atoms with van der Waals surface area (Å²) in [6.07, 6.45) is 2.65. The molecule has 4 nitrogen and oxygen atoms in total. The molecule has 0 atom stereocenters. The van der Waals surface area contributed by atoms with Gasteiger partial charge in [0.25, 0.3) is 0 Å². The molecule has 0 saturated carbocycles. The van der Waals surface area contributed by atoms with Crippen molar-refractivity contribution in [3.63, 3.8) is 0 Å². The Hall–Kier alpha value is -1.62. The van der Waals surface area contributed by atoms with Crippen LogP contribution in [0.5, 0.6) is 5.75 Å². The van der Waals surface area contributed by atoms with Crippen LogP contribution in [-0.4, -0.2) is 22.7 Å². The van der Waals surface area contributed by atoms with Crippen molar-refractivity contribution < 1.29 is 14.6 Å². The van der Waals surface area contributed by atoms with Crippen LogP contribution in [0.2, 0.25) is 0 Å². The number of rotatable bonds is 7. The van der Waals surface area contributed by atoms with Gasteiger partial charge in [0.2, 0.25) is 0 Å². The van der Waals surface area contributed by atoms with Gasteiger partial charge in [-0.15, -0.1) is 11.3 Å². The fourth-order valence-electron chi connectivity index (χ4n) is 1.87. The van der Waals surface area contributed by atoms with Gasteiger partial charge in [0.1, 0.15) is 5.75 Å². The number of aryl methyl sites for hydroxylation is 1. The van der Waals surface area contributed by atoms with E-state index in [4.69, 9.17) is 9.84 Å². The minimum Gasteiger partial charge on any atom is -0.494 e. The molecule has 0 bridgehead atoms. The number of carboxylic acids is 1. The summed E-state index contributed by atoms with van der Waals surface area (Å²) < 4.78 is 6.59. The highest BCUT2D eigenvalue weighted by atomic mass is 32.1. The largest absolute Gasteiger partial charge is 0.494 e. The van der Waals surface area contributed by atoms with Gasteiger partial charge in [0.05, 0.1) is 21.8 Å². The monoisotopic (exact) mass is 279 g/mol. The van der Waals surface area contributed by atoms with Gasteiger partial charge in [-0.2, -0.15) is 0 Å². The van der Waals surface area contributed by atoms with Gasteiger partial charge in [-0.1, -0.05) is 0 Å². The number of fused-ring (bicyclic) bond motifs is 1. The number of nitrogens with zero attached hydrogens (tertiary/aromatic N) is 1. The summed E-state index contributed by atoms with van der Waals surface area (Å²) in [6.45, 7) is 2.62. The zero-order valence-electron chi connectivity index (χ0n) is 10.9. The van der Waals surface area contributed by atoms with E-state index < -0.39 is 5.97 Å². The van der Waals surface area contributed by atoms with Crippen LogP contribution in [0.25, 0.3) is 10.2 Å². The summed E-state index contributed by atoms with van der Waals surface area (Å²) in [7, 11) is 0. The zero-order chi connectivity index (χ0) is 13.7. The van der Waals surface area contributed by atoms with Crippen molar-refractivity contribution in [2.24, 2.45) is 0 Å². The molecule has 0 radical (unpaired) electrons. The van der Waals surface area contributed by atoms with Crippen LogP contribution in [0.4, 0.5) is 0 Å². The molecule has 2 aromatic rings. The minimum atomic E-state index is -0.731. The van der Waals surface area contributed by atoms with Gasteiger partial charge >= 0.3 is 5.97 Å². The number of carbonyl (C=O) groups is 1. The second-order valence-corrected chi connectivity index (χ2v) is 5.39.